The van der Waals surface area contributed by atoms with Crippen molar-refractivity contribution >= 4 is 5.91 Å². The number of primary amides is 1. The summed E-state index contributed by atoms with van der Waals surface area (Å²) in [6.45, 7) is 1.56. The van der Waals surface area contributed by atoms with Crippen LogP contribution in [0.25, 0.3) is 0 Å². The van der Waals surface area contributed by atoms with Crippen LogP contribution in [-0.2, 0) is 17.8 Å². The third-order valence-electron chi connectivity index (χ3n) is 3.48. The van der Waals surface area contributed by atoms with Crippen LogP contribution in [0, 0.1) is 0 Å². The number of carbonyl (C=O) groups is 1. The van der Waals surface area contributed by atoms with Gasteiger partial charge in [-0.25, -0.2) is 0 Å². The normalized spacial score (nSPS) is 10.3. The Balaban J connectivity index is 1.94. The van der Waals surface area contributed by atoms with E-state index < -0.39 is 5.91 Å². The van der Waals surface area contributed by atoms with E-state index >= 15 is 0 Å². The first-order valence-electron chi connectivity index (χ1n) is 7.63. The molecule has 23 heavy (non-hydrogen) atoms. The van der Waals surface area contributed by atoms with E-state index in [9.17, 15) is 4.79 Å². The lowest BCUT2D eigenvalue weighted by molar-refractivity contribution is -0.670. The summed E-state index contributed by atoms with van der Waals surface area (Å²) >= 11 is 0. The van der Waals surface area contributed by atoms with Crippen LogP contribution in [0.4, 0.5) is 0 Å². The largest absolute Gasteiger partial charge is 0.493 e. The Morgan fingerprint density at radius 1 is 1.13 bits per heavy atom. The number of methoxy groups -OCH3 is 1. The molecule has 0 aromatic heterocycles. The Kier molecular flexibility index (Phi) is 6.44. The van der Waals surface area contributed by atoms with Gasteiger partial charge in [-0.15, -0.1) is 0 Å². The summed E-state index contributed by atoms with van der Waals surface area (Å²) in [7, 11) is 1.58. The minimum Gasteiger partial charge on any atom is -0.493 e. The Labute approximate surface area is 136 Å². The summed E-state index contributed by atoms with van der Waals surface area (Å²) in [5.41, 5.74) is 7.46. The number of amides is 1. The number of hydrogen-bond acceptors (Lipinski definition) is 3. The van der Waals surface area contributed by atoms with Gasteiger partial charge in [0.15, 0.2) is 18.1 Å². The van der Waals surface area contributed by atoms with Gasteiger partial charge in [0.2, 0.25) is 0 Å². The summed E-state index contributed by atoms with van der Waals surface area (Å²) in [5, 5.41) is 2.21. The molecule has 0 spiro atoms. The Morgan fingerprint density at radius 3 is 2.61 bits per heavy atom. The minimum atomic E-state index is -0.505. The van der Waals surface area contributed by atoms with Crippen molar-refractivity contribution in [1.29, 1.82) is 0 Å². The van der Waals surface area contributed by atoms with Gasteiger partial charge in [-0.2, -0.15) is 0 Å². The van der Waals surface area contributed by atoms with Gasteiger partial charge in [-0.1, -0.05) is 36.4 Å². The second kappa shape index (κ2) is 8.80. The molecule has 1 amide bonds. The maximum Gasteiger partial charge on any atom is 0.255 e. The molecule has 0 bridgehead atoms. The van der Waals surface area contributed by atoms with E-state index in [1.165, 1.54) is 5.56 Å². The predicted octanol–water partition coefficient (Wildman–Crippen LogP) is 0.865. The Morgan fingerprint density at radius 2 is 1.91 bits per heavy atom. The number of benzene rings is 2. The molecule has 2 aromatic rings. The number of para-hydroxylation sites is 1. The Hall–Kier alpha value is -2.53. The zero-order chi connectivity index (χ0) is 16.5. The smallest absolute Gasteiger partial charge is 0.255 e. The van der Waals surface area contributed by atoms with Crippen molar-refractivity contribution in [3.05, 3.63) is 59.7 Å². The number of ether oxygens (including phenoxy) is 2. The topological polar surface area (TPSA) is 78.2 Å². The molecule has 2 aromatic carbocycles. The van der Waals surface area contributed by atoms with Crippen molar-refractivity contribution in [1.82, 2.24) is 0 Å². The summed E-state index contributed by atoms with van der Waals surface area (Å²) in [5.74, 6) is 0.694. The molecule has 0 atom stereocenters. The van der Waals surface area contributed by atoms with E-state index in [2.05, 4.69) is 17.4 Å². The van der Waals surface area contributed by atoms with Crippen molar-refractivity contribution in [3.8, 4) is 11.5 Å². The average molecular weight is 315 g/mol. The molecule has 5 heteroatoms. The quantitative estimate of drug-likeness (QED) is 0.674. The Bertz CT molecular complexity index is 629. The first kappa shape index (κ1) is 16.8. The van der Waals surface area contributed by atoms with Gasteiger partial charge in [-0.05, 0) is 17.7 Å². The number of rotatable bonds is 9. The zero-order valence-electron chi connectivity index (χ0n) is 13.3. The van der Waals surface area contributed by atoms with Crippen LogP contribution in [-0.4, -0.2) is 26.2 Å². The van der Waals surface area contributed by atoms with Crippen molar-refractivity contribution in [2.24, 2.45) is 5.73 Å². The molecule has 0 fully saturated rings. The van der Waals surface area contributed by atoms with Gasteiger partial charge in [0.05, 0.1) is 19.2 Å². The molecule has 0 unspecified atom stereocenters. The fraction of sp³-hybridized carbons (Fsp3) is 0.278. The van der Waals surface area contributed by atoms with Gasteiger partial charge in [-0.3, -0.25) is 4.79 Å². The fourth-order valence-electron chi connectivity index (χ4n) is 2.36. The monoisotopic (exact) mass is 315 g/mol. The van der Waals surface area contributed by atoms with Gasteiger partial charge >= 0.3 is 0 Å². The van der Waals surface area contributed by atoms with Gasteiger partial charge in [0, 0.05) is 6.42 Å². The van der Waals surface area contributed by atoms with Gasteiger partial charge < -0.3 is 20.5 Å². The average Bonchev–Trinajstić information content (AvgIpc) is 2.58. The molecule has 0 saturated heterocycles. The lowest BCUT2D eigenvalue weighted by Crippen LogP contribution is -2.83. The van der Waals surface area contributed by atoms with Crippen LogP contribution in [0.2, 0.25) is 0 Å². The molecule has 122 valence electrons. The maximum atomic E-state index is 10.9. The van der Waals surface area contributed by atoms with E-state index in [0.717, 1.165) is 25.1 Å². The third-order valence-corrected chi connectivity index (χ3v) is 3.48. The molecule has 2 rings (SSSR count). The second-order valence-electron chi connectivity index (χ2n) is 5.22. The molecule has 0 heterocycles. The van der Waals surface area contributed by atoms with Crippen molar-refractivity contribution in [2.75, 3.05) is 20.3 Å². The highest BCUT2D eigenvalue weighted by molar-refractivity contribution is 5.75. The highest BCUT2D eigenvalue weighted by Gasteiger charge is 2.12. The van der Waals surface area contributed by atoms with E-state index in [1.54, 1.807) is 7.11 Å². The number of hydrogen-bond donors (Lipinski definition) is 2. The first-order valence-corrected chi connectivity index (χ1v) is 7.63. The minimum absolute atomic E-state index is 0.155. The molecular formula is C18H23N2O3+. The van der Waals surface area contributed by atoms with Crippen molar-refractivity contribution < 1.29 is 19.6 Å². The highest BCUT2D eigenvalue weighted by atomic mass is 16.5. The summed E-state index contributed by atoms with van der Waals surface area (Å²) in [6.07, 6.45) is 1.00. The third kappa shape index (κ3) is 5.30. The molecule has 0 aliphatic rings. The van der Waals surface area contributed by atoms with Crippen molar-refractivity contribution in [3.63, 3.8) is 0 Å². The summed E-state index contributed by atoms with van der Waals surface area (Å²) in [4.78, 5) is 10.9. The SMILES string of the molecule is COc1cccc(C[NH2+]CCc2ccccc2)c1OCC(N)=O. The van der Waals surface area contributed by atoms with Crippen LogP contribution in [0.15, 0.2) is 48.5 Å². The second-order valence-corrected chi connectivity index (χ2v) is 5.22. The van der Waals surface area contributed by atoms with Crippen LogP contribution in [0.3, 0.4) is 0 Å². The number of quaternary nitrogens is 1. The predicted molar refractivity (Wildman–Crippen MR) is 88.3 cm³/mol. The van der Waals surface area contributed by atoms with Crippen molar-refractivity contribution in [2.45, 2.75) is 13.0 Å². The molecule has 0 saturated carbocycles. The number of nitrogens with two attached hydrogens (primary N) is 2. The maximum absolute atomic E-state index is 10.9. The van der Waals surface area contributed by atoms with Crippen LogP contribution in [0.1, 0.15) is 11.1 Å². The highest BCUT2D eigenvalue weighted by Crippen LogP contribution is 2.30. The van der Waals surface area contributed by atoms with Crippen LogP contribution >= 0.6 is 0 Å². The van der Waals surface area contributed by atoms with Gasteiger partial charge in [0.25, 0.3) is 5.91 Å². The van der Waals surface area contributed by atoms with Crippen LogP contribution in [0.5, 0.6) is 11.5 Å². The number of carbonyl (C=O) groups excluding carboxylic acids is 1. The molecule has 5 nitrogen and oxygen atoms in total. The molecular weight excluding hydrogens is 292 g/mol. The standard InChI is InChI=1S/C18H22N2O3/c1-22-16-9-5-8-15(18(16)23-13-17(19)21)12-20-11-10-14-6-3-2-4-7-14/h2-9,20H,10-13H2,1H3,(H2,19,21)/p+1. The fourth-order valence-corrected chi connectivity index (χ4v) is 2.36. The summed E-state index contributed by atoms with van der Waals surface area (Å²) in [6, 6.07) is 16.1. The molecule has 4 N–H and O–H groups in total. The van der Waals surface area contributed by atoms with E-state index in [1.807, 2.05) is 36.4 Å². The lowest BCUT2D eigenvalue weighted by atomic mass is 10.1. The lowest BCUT2D eigenvalue weighted by Gasteiger charge is -2.13. The summed E-state index contributed by atoms with van der Waals surface area (Å²) < 4.78 is 10.8. The van der Waals surface area contributed by atoms with Gasteiger partial charge in [0.1, 0.15) is 6.54 Å². The molecule has 0 radical (unpaired) electrons. The van der Waals surface area contributed by atoms with E-state index in [4.69, 9.17) is 15.2 Å². The van der Waals surface area contributed by atoms with E-state index in [-0.39, 0.29) is 6.61 Å². The van der Waals surface area contributed by atoms with E-state index in [0.29, 0.717) is 11.5 Å². The molecule has 0 aliphatic carbocycles. The van der Waals surface area contributed by atoms with Crippen LogP contribution < -0.4 is 20.5 Å². The zero-order valence-corrected chi connectivity index (χ0v) is 13.3. The molecule has 0 aliphatic heterocycles. The first-order chi connectivity index (χ1) is 11.2.